The first-order chi connectivity index (χ1) is 14.8. The third-order valence-electron chi connectivity index (χ3n) is 10.9. The predicted octanol–water partition coefficient (Wildman–Crippen LogP) is 5.11. The average molecular weight is 445 g/mol. The van der Waals surface area contributed by atoms with E-state index in [1.165, 1.54) is 0 Å². The molecule has 180 valence electrons. The van der Waals surface area contributed by atoms with E-state index in [0.717, 1.165) is 24.8 Å². The molecular formula is C28H44O4. The van der Waals surface area contributed by atoms with Crippen molar-refractivity contribution >= 4 is 11.6 Å². The molecule has 0 radical (unpaired) electrons. The van der Waals surface area contributed by atoms with Gasteiger partial charge in [0.05, 0.1) is 11.7 Å². The summed E-state index contributed by atoms with van der Waals surface area (Å²) in [7, 11) is 0. The number of allylic oxidation sites excluding steroid dienone is 1. The fourth-order valence-corrected chi connectivity index (χ4v) is 8.27. The summed E-state index contributed by atoms with van der Waals surface area (Å²) in [6.07, 6.45) is 7.48. The number of fused-ring (bicyclic) bond motifs is 5. The standard InChI is InChI=1S/C28H44O4/c1-16(2)18(4)24(30)13-17(3)20-7-8-21-22-15-25(31)23-14-19(29)9-10-27(23,6)28(22,32)12-11-26(20,21)5/h15-21,23,29,32H,7-14H2,1-6H3/t17-,18+,19+,20-,21+,23-,26-,27+,28-/m1/s1. The molecule has 4 rings (SSSR count). The second-order valence-electron chi connectivity index (χ2n) is 12.7. The first kappa shape index (κ1) is 24.1. The van der Waals surface area contributed by atoms with Crippen LogP contribution in [0.2, 0.25) is 0 Å². The molecule has 2 N–H and O–H groups in total. The quantitative estimate of drug-likeness (QED) is 0.618. The number of hydrogen-bond donors (Lipinski definition) is 2. The first-order valence-electron chi connectivity index (χ1n) is 13.0. The zero-order chi connectivity index (χ0) is 23.6. The molecule has 4 heteroatoms. The SMILES string of the molecule is CC(C)[C@H](C)C(=O)C[C@@H](C)[C@H]1CC[C@H]2C3=CC(=O)[C@H]4C[C@@H](O)CC[C@]4(C)[C@@]3(O)CC[C@]12C. The summed E-state index contributed by atoms with van der Waals surface area (Å²) in [6.45, 7) is 13.0. The van der Waals surface area contributed by atoms with Crippen molar-refractivity contribution in [3.05, 3.63) is 11.6 Å². The number of carbonyl (C=O) groups is 2. The predicted molar refractivity (Wildman–Crippen MR) is 126 cm³/mol. The van der Waals surface area contributed by atoms with Crippen LogP contribution in [-0.2, 0) is 9.59 Å². The van der Waals surface area contributed by atoms with Crippen molar-refractivity contribution in [2.45, 2.75) is 105 Å². The van der Waals surface area contributed by atoms with Gasteiger partial charge in [0.15, 0.2) is 5.78 Å². The molecule has 0 amide bonds. The Morgan fingerprint density at radius 3 is 2.41 bits per heavy atom. The van der Waals surface area contributed by atoms with E-state index in [1.807, 2.05) is 0 Å². The van der Waals surface area contributed by atoms with E-state index >= 15 is 0 Å². The molecule has 4 nitrogen and oxygen atoms in total. The Morgan fingerprint density at radius 2 is 1.75 bits per heavy atom. The van der Waals surface area contributed by atoms with Crippen molar-refractivity contribution in [1.82, 2.24) is 0 Å². The van der Waals surface area contributed by atoms with Gasteiger partial charge in [0.1, 0.15) is 5.78 Å². The van der Waals surface area contributed by atoms with E-state index in [0.29, 0.717) is 55.6 Å². The molecule has 32 heavy (non-hydrogen) atoms. The fraction of sp³-hybridized carbons (Fsp3) is 0.857. The molecule has 0 spiro atoms. The Kier molecular flexibility index (Phi) is 6.07. The second-order valence-corrected chi connectivity index (χ2v) is 12.7. The van der Waals surface area contributed by atoms with Crippen LogP contribution < -0.4 is 0 Å². The van der Waals surface area contributed by atoms with Crippen LogP contribution in [0.3, 0.4) is 0 Å². The highest BCUT2D eigenvalue weighted by Crippen LogP contribution is 2.67. The van der Waals surface area contributed by atoms with Crippen LogP contribution in [0.5, 0.6) is 0 Å². The number of aliphatic hydroxyl groups excluding tert-OH is 1. The lowest BCUT2D eigenvalue weighted by molar-refractivity contribution is -0.166. The van der Waals surface area contributed by atoms with Gasteiger partial charge in [-0.05, 0) is 85.7 Å². The lowest BCUT2D eigenvalue weighted by Gasteiger charge is -2.61. The minimum Gasteiger partial charge on any atom is -0.393 e. The van der Waals surface area contributed by atoms with Crippen molar-refractivity contribution in [2.24, 2.45) is 46.3 Å². The number of carbonyl (C=O) groups excluding carboxylic acids is 2. The fourth-order valence-electron chi connectivity index (χ4n) is 8.27. The Labute approximate surface area is 194 Å². The van der Waals surface area contributed by atoms with Crippen LogP contribution in [0.25, 0.3) is 0 Å². The number of rotatable bonds is 5. The zero-order valence-corrected chi connectivity index (χ0v) is 21.0. The third kappa shape index (κ3) is 3.38. The van der Waals surface area contributed by atoms with Gasteiger partial charge in [-0.3, -0.25) is 9.59 Å². The molecular weight excluding hydrogens is 400 g/mol. The summed E-state index contributed by atoms with van der Waals surface area (Å²) >= 11 is 0. The molecule has 0 unspecified atom stereocenters. The summed E-state index contributed by atoms with van der Waals surface area (Å²) in [4.78, 5) is 26.1. The van der Waals surface area contributed by atoms with Crippen molar-refractivity contribution in [2.75, 3.05) is 0 Å². The van der Waals surface area contributed by atoms with E-state index in [9.17, 15) is 19.8 Å². The van der Waals surface area contributed by atoms with Gasteiger partial charge in [0, 0.05) is 23.7 Å². The molecule has 3 fully saturated rings. The number of ketones is 2. The average Bonchev–Trinajstić information content (AvgIpc) is 3.08. The number of Topliss-reactive ketones (excluding diaryl/α,β-unsaturated/α-hetero) is 1. The topological polar surface area (TPSA) is 74.6 Å². The molecule has 0 bridgehead atoms. The number of hydrogen-bond acceptors (Lipinski definition) is 4. The summed E-state index contributed by atoms with van der Waals surface area (Å²) in [5.41, 5.74) is -0.434. The highest BCUT2D eigenvalue weighted by Gasteiger charge is 2.66. The molecule has 0 saturated heterocycles. The Hall–Kier alpha value is -1.00. The van der Waals surface area contributed by atoms with E-state index in [-0.39, 0.29) is 29.0 Å². The van der Waals surface area contributed by atoms with Crippen molar-refractivity contribution in [3.8, 4) is 0 Å². The Bertz CT molecular complexity index is 814. The molecule has 0 heterocycles. The van der Waals surface area contributed by atoms with Crippen molar-refractivity contribution in [3.63, 3.8) is 0 Å². The maximum absolute atomic E-state index is 13.2. The van der Waals surface area contributed by atoms with Crippen LogP contribution in [0.15, 0.2) is 11.6 Å². The van der Waals surface area contributed by atoms with Gasteiger partial charge in [-0.25, -0.2) is 0 Å². The van der Waals surface area contributed by atoms with Gasteiger partial charge in [0.25, 0.3) is 0 Å². The Morgan fingerprint density at radius 1 is 1.06 bits per heavy atom. The normalized spacial score (nSPS) is 45.5. The summed E-state index contributed by atoms with van der Waals surface area (Å²) in [5, 5.41) is 22.4. The maximum atomic E-state index is 13.2. The largest absolute Gasteiger partial charge is 0.393 e. The van der Waals surface area contributed by atoms with Crippen molar-refractivity contribution < 1.29 is 19.8 Å². The molecule has 0 aromatic heterocycles. The molecule has 3 saturated carbocycles. The van der Waals surface area contributed by atoms with Crippen molar-refractivity contribution in [1.29, 1.82) is 0 Å². The smallest absolute Gasteiger partial charge is 0.159 e. The van der Waals surface area contributed by atoms with Gasteiger partial charge in [-0.1, -0.05) is 41.5 Å². The summed E-state index contributed by atoms with van der Waals surface area (Å²) < 4.78 is 0. The van der Waals surface area contributed by atoms with Gasteiger partial charge in [-0.15, -0.1) is 0 Å². The van der Waals surface area contributed by atoms with Gasteiger partial charge in [-0.2, -0.15) is 0 Å². The van der Waals surface area contributed by atoms with Crippen LogP contribution in [0, 0.1) is 46.3 Å². The molecule has 4 aliphatic rings. The maximum Gasteiger partial charge on any atom is 0.159 e. The third-order valence-corrected chi connectivity index (χ3v) is 10.9. The summed E-state index contributed by atoms with van der Waals surface area (Å²) in [6, 6.07) is 0. The van der Waals surface area contributed by atoms with Crippen LogP contribution >= 0.6 is 0 Å². The molecule has 0 aliphatic heterocycles. The minimum atomic E-state index is -0.948. The molecule has 4 aliphatic carbocycles. The first-order valence-corrected chi connectivity index (χ1v) is 13.0. The monoisotopic (exact) mass is 444 g/mol. The van der Waals surface area contributed by atoms with Crippen LogP contribution in [0.1, 0.15) is 92.9 Å². The molecule has 0 aromatic carbocycles. The summed E-state index contributed by atoms with van der Waals surface area (Å²) in [5.74, 6) is 1.62. The highest BCUT2D eigenvalue weighted by molar-refractivity contribution is 5.95. The van der Waals surface area contributed by atoms with E-state index in [4.69, 9.17) is 0 Å². The van der Waals surface area contributed by atoms with Crippen LogP contribution in [-0.4, -0.2) is 33.5 Å². The molecule has 9 atom stereocenters. The molecule has 0 aromatic rings. The Balaban J connectivity index is 1.61. The van der Waals surface area contributed by atoms with Gasteiger partial charge in [0.2, 0.25) is 0 Å². The lowest BCUT2D eigenvalue weighted by Crippen LogP contribution is -2.63. The zero-order valence-electron chi connectivity index (χ0n) is 21.0. The lowest BCUT2D eigenvalue weighted by atomic mass is 9.45. The van der Waals surface area contributed by atoms with E-state index in [1.54, 1.807) is 6.08 Å². The minimum absolute atomic E-state index is 0.0243. The van der Waals surface area contributed by atoms with E-state index in [2.05, 4.69) is 41.5 Å². The second kappa shape index (κ2) is 8.05. The van der Waals surface area contributed by atoms with Gasteiger partial charge >= 0.3 is 0 Å². The number of aliphatic hydroxyl groups is 2. The van der Waals surface area contributed by atoms with Crippen LogP contribution in [0.4, 0.5) is 0 Å². The van der Waals surface area contributed by atoms with E-state index < -0.39 is 17.1 Å². The highest BCUT2D eigenvalue weighted by atomic mass is 16.3. The van der Waals surface area contributed by atoms with Gasteiger partial charge < -0.3 is 10.2 Å².